The van der Waals surface area contributed by atoms with E-state index in [0.29, 0.717) is 27.8 Å². The molecule has 4 N–H and O–H groups in total. The number of ether oxygens (including phenoxy) is 1. The number of hydrogen-bond donors (Lipinski definition) is 3. The van der Waals surface area contributed by atoms with Gasteiger partial charge in [0.05, 0.1) is 6.61 Å². The number of β-lactam (4-membered cyclic amide) rings is 1. The van der Waals surface area contributed by atoms with Crippen molar-refractivity contribution in [3.8, 4) is 0 Å². The number of amides is 1. The lowest BCUT2D eigenvalue weighted by atomic mass is 9.90. The molecule has 1 fully saturated rings. The Hall–Kier alpha value is -2.05. The molecule has 0 bridgehead atoms. The van der Waals surface area contributed by atoms with Gasteiger partial charge in [0.1, 0.15) is 33.2 Å². The normalized spacial score (nSPS) is 22.0. The van der Waals surface area contributed by atoms with Crippen molar-refractivity contribution in [2.45, 2.75) is 42.6 Å². The Labute approximate surface area is 169 Å². The van der Waals surface area contributed by atoms with Gasteiger partial charge in [-0.05, 0) is 26.3 Å². The van der Waals surface area contributed by atoms with Crippen molar-refractivity contribution in [2.75, 3.05) is 18.1 Å². The third-order valence-electron chi connectivity index (χ3n) is 4.58. The Balaban J connectivity index is 1.81. The van der Waals surface area contributed by atoms with Crippen LogP contribution in [-0.4, -0.2) is 72.8 Å². The molecule has 0 saturated carbocycles. The molecular formula is C16H21N5O5S2. The van der Waals surface area contributed by atoms with Gasteiger partial charge in [0, 0.05) is 11.5 Å². The lowest BCUT2D eigenvalue weighted by molar-refractivity contribution is -0.149. The second-order valence-corrected chi connectivity index (χ2v) is 8.91. The molecule has 28 heavy (non-hydrogen) atoms. The number of carbonyl (C=O) groups excluding carboxylic acids is 2. The van der Waals surface area contributed by atoms with E-state index in [2.05, 4.69) is 15.4 Å². The number of aromatic amines is 1. The number of rotatable bonds is 7. The Bertz CT molecular complexity index is 852. The van der Waals surface area contributed by atoms with E-state index in [1.807, 2.05) is 0 Å². The molecule has 3 rings (SSSR count). The zero-order chi connectivity index (χ0) is 20.6. The van der Waals surface area contributed by atoms with Crippen molar-refractivity contribution in [3.63, 3.8) is 0 Å². The molecule has 12 heteroatoms. The molecule has 152 valence electrons. The lowest BCUT2D eigenvalue weighted by Gasteiger charge is -2.48. The smallest absolute Gasteiger partial charge is 0.352 e. The van der Waals surface area contributed by atoms with Crippen LogP contribution in [-0.2, 0) is 24.5 Å². The molecule has 0 aromatic carbocycles. The summed E-state index contributed by atoms with van der Waals surface area (Å²) < 4.78 is 5.11. The predicted molar refractivity (Wildman–Crippen MR) is 102 cm³/mol. The number of carboxylic acid groups (broad SMARTS) is 1. The Kier molecular flexibility index (Phi) is 5.73. The van der Waals surface area contributed by atoms with Gasteiger partial charge >= 0.3 is 11.9 Å². The number of fused-ring (bicyclic) bond motifs is 1. The fourth-order valence-electron chi connectivity index (χ4n) is 2.99. The van der Waals surface area contributed by atoms with Gasteiger partial charge in [0.2, 0.25) is 5.91 Å². The van der Waals surface area contributed by atoms with Crippen LogP contribution in [0.1, 0.15) is 26.5 Å². The number of esters is 1. The average Bonchev–Trinajstić information content (AvgIpc) is 3.14. The first-order valence-corrected chi connectivity index (χ1v) is 10.6. The van der Waals surface area contributed by atoms with Gasteiger partial charge in [-0.25, -0.2) is 4.79 Å². The third kappa shape index (κ3) is 3.40. The molecule has 2 atom stereocenters. The number of H-pyrrole nitrogens is 1. The minimum Gasteiger partial charge on any atom is -0.477 e. The summed E-state index contributed by atoms with van der Waals surface area (Å²) in [5.74, 6) is -1.21. The van der Waals surface area contributed by atoms with Gasteiger partial charge in [-0.1, -0.05) is 5.21 Å². The van der Waals surface area contributed by atoms with Gasteiger partial charge in [0.25, 0.3) is 0 Å². The summed E-state index contributed by atoms with van der Waals surface area (Å²) >= 11 is 2.72. The van der Waals surface area contributed by atoms with E-state index in [-0.39, 0.29) is 23.6 Å². The number of hydrogen-bond acceptors (Lipinski definition) is 9. The van der Waals surface area contributed by atoms with Crippen molar-refractivity contribution in [1.82, 2.24) is 20.3 Å². The molecule has 10 nitrogen and oxygen atoms in total. The maximum absolute atomic E-state index is 12.3. The summed E-state index contributed by atoms with van der Waals surface area (Å²) in [6.45, 7) is 5.36. The van der Waals surface area contributed by atoms with Gasteiger partial charge in [-0.2, -0.15) is 0 Å². The summed E-state index contributed by atoms with van der Waals surface area (Å²) in [5.41, 5.74) is 5.77. The van der Waals surface area contributed by atoms with Gasteiger partial charge in [0.15, 0.2) is 0 Å². The van der Waals surface area contributed by atoms with Crippen LogP contribution < -0.4 is 5.73 Å². The van der Waals surface area contributed by atoms with Gasteiger partial charge in [-0.3, -0.25) is 19.6 Å². The highest BCUT2D eigenvalue weighted by Gasteiger charge is 2.51. The Morgan fingerprint density at radius 2 is 2.21 bits per heavy atom. The molecule has 1 aromatic rings. The molecule has 0 radical (unpaired) electrons. The van der Waals surface area contributed by atoms with Crippen LogP contribution in [0.5, 0.6) is 0 Å². The molecule has 1 unspecified atom stereocenters. The second kappa shape index (κ2) is 7.76. The highest BCUT2D eigenvalue weighted by atomic mass is 32.2. The second-order valence-electron chi connectivity index (χ2n) is 6.82. The summed E-state index contributed by atoms with van der Waals surface area (Å²) in [7, 11) is 0. The van der Waals surface area contributed by atoms with E-state index in [0.717, 1.165) is 0 Å². The Morgan fingerprint density at radius 1 is 1.50 bits per heavy atom. The largest absolute Gasteiger partial charge is 0.477 e. The molecule has 0 aliphatic carbocycles. The van der Waals surface area contributed by atoms with E-state index in [1.54, 1.807) is 20.8 Å². The number of nitrogens with one attached hydrogen (secondary N) is 1. The van der Waals surface area contributed by atoms with E-state index in [1.165, 1.54) is 28.4 Å². The van der Waals surface area contributed by atoms with E-state index >= 15 is 0 Å². The summed E-state index contributed by atoms with van der Waals surface area (Å²) in [4.78, 5) is 37.3. The van der Waals surface area contributed by atoms with Gasteiger partial charge in [-0.15, -0.1) is 28.6 Å². The predicted octanol–water partition coefficient (Wildman–Crippen LogP) is 0.319. The fourth-order valence-corrected chi connectivity index (χ4v) is 5.50. The molecule has 1 aromatic heterocycles. The van der Waals surface area contributed by atoms with Crippen LogP contribution in [0.4, 0.5) is 0 Å². The molecule has 2 aliphatic heterocycles. The minimum atomic E-state index is -1.16. The number of nitrogens with zero attached hydrogens (tertiary/aromatic N) is 3. The summed E-state index contributed by atoms with van der Waals surface area (Å²) in [5, 5.41) is 20.4. The summed E-state index contributed by atoms with van der Waals surface area (Å²) in [6.07, 6.45) is 0. The van der Waals surface area contributed by atoms with E-state index in [4.69, 9.17) is 10.5 Å². The first-order chi connectivity index (χ1) is 13.2. The Morgan fingerprint density at radius 3 is 2.86 bits per heavy atom. The quantitative estimate of drug-likeness (QED) is 0.315. The number of aromatic nitrogens is 3. The zero-order valence-electron chi connectivity index (χ0n) is 15.6. The molecule has 1 amide bonds. The average molecular weight is 428 g/mol. The molecular weight excluding hydrogens is 406 g/mol. The van der Waals surface area contributed by atoms with Crippen LogP contribution in [0, 0.1) is 0 Å². The minimum absolute atomic E-state index is 0.0124. The van der Waals surface area contributed by atoms with Crippen LogP contribution in [0.3, 0.4) is 0 Å². The van der Waals surface area contributed by atoms with Crippen molar-refractivity contribution < 1.29 is 24.2 Å². The first kappa shape index (κ1) is 20.7. The number of aliphatic carboxylic acids is 1. The van der Waals surface area contributed by atoms with E-state index in [9.17, 15) is 19.5 Å². The monoisotopic (exact) mass is 427 g/mol. The topological polar surface area (TPSA) is 152 Å². The van der Waals surface area contributed by atoms with Crippen molar-refractivity contribution in [3.05, 3.63) is 17.0 Å². The molecule has 0 spiro atoms. The van der Waals surface area contributed by atoms with Crippen molar-refractivity contribution >= 4 is 41.4 Å². The van der Waals surface area contributed by atoms with Crippen LogP contribution >= 0.6 is 23.5 Å². The van der Waals surface area contributed by atoms with E-state index < -0.39 is 23.4 Å². The number of nitrogens with two attached hydrogens (primary N) is 1. The van der Waals surface area contributed by atoms with Crippen LogP contribution in [0.15, 0.2) is 16.3 Å². The SMILES string of the molecule is CCOC(=O)C(C)(C)c1nn[nH]c1SCC1=C(C(=O)O)N2C(=O)C(N)[C@@H]2SC1. The first-order valence-electron chi connectivity index (χ1n) is 8.57. The van der Waals surface area contributed by atoms with Gasteiger partial charge < -0.3 is 15.6 Å². The third-order valence-corrected chi connectivity index (χ3v) is 7.00. The van der Waals surface area contributed by atoms with Crippen molar-refractivity contribution in [2.24, 2.45) is 5.73 Å². The maximum atomic E-state index is 12.3. The number of carboxylic acids is 1. The van der Waals surface area contributed by atoms with Crippen LogP contribution in [0.2, 0.25) is 0 Å². The molecule has 3 heterocycles. The summed E-state index contributed by atoms with van der Waals surface area (Å²) in [6, 6.07) is -0.664. The maximum Gasteiger partial charge on any atom is 0.352 e. The highest BCUT2D eigenvalue weighted by molar-refractivity contribution is 8.01. The lowest BCUT2D eigenvalue weighted by Crippen LogP contribution is -2.68. The molecule has 2 aliphatic rings. The highest BCUT2D eigenvalue weighted by Crippen LogP contribution is 2.41. The van der Waals surface area contributed by atoms with Crippen LogP contribution in [0.25, 0.3) is 0 Å². The molecule has 1 saturated heterocycles. The number of carbonyl (C=O) groups is 3. The van der Waals surface area contributed by atoms with Crippen molar-refractivity contribution in [1.29, 1.82) is 0 Å². The number of thioether (sulfide) groups is 2. The zero-order valence-corrected chi connectivity index (χ0v) is 17.2. The standard InChI is InChI=1S/C16H21N5O5S2/c1-4-26-15(25)16(2,3)10-11(19-20-18-10)27-5-7-6-28-13-8(17)12(22)21(13)9(7)14(23)24/h8,13H,4-6,17H2,1-3H3,(H,23,24)(H,18,19,20)/t8?,13-/m0/s1. The fraction of sp³-hybridized carbons (Fsp3) is 0.562.